The molecule has 0 aliphatic carbocycles. The van der Waals surface area contributed by atoms with Gasteiger partial charge in [0, 0.05) is 6.20 Å². The van der Waals surface area contributed by atoms with Crippen LogP contribution < -0.4 is 5.73 Å². The number of nitrogen functional groups attached to an aromatic ring is 1. The number of hydrogen-bond acceptors (Lipinski definition) is 1. The SMILES string of the molecule is Cc1cc[nH]c1N. The fraction of sp³-hybridized carbons (Fsp3) is 0.200. The number of hydrogen-bond donors (Lipinski definition) is 2. The largest absolute Gasteiger partial charge is 0.385 e. The van der Waals surface area contributed by atoms with Gasteiger partial charge in [0.2, 0.25) is 0 Å². The minimum Gasteiger partial charge on any atom is -0.385 e. The van der Waals surface area contributed by atoms with Crippen molar-refractivity contribution in [3.05, 3.63) is 17.8 Å². The van der Waals surface area contributed by atoms with Crippen molar-refractivity contribution >= 4 is 5.82 Å². The standard InChI is InChI=1S/C5H8N2/c1-4-2-3-7-5(4)6/h2-3,7H,6H2,1H3. The van der Waals surface area contributed by atoms with Gasteiger partial charge < -0.3 is 10.7 Å². The predicted octanol–water partition coefficient (Wildman–Crippen LogP) is 0.905. The molecule has 2 heteroatoms. The Morgan fingerprint density at radius 1 is 1.71 bits per heavy atom. The van der Waals surface area contributed by atoms with E-state index in [4.69, 9.17) is 5.73 Å². The Kier molecular flexibility index (Phi) is 0.785. The Morgan fingerprint density at radius 2 is 2.43 bits per heavy atom. The second kappa shape index (κ2) is 1.30. The fourth-order valence-corrected chi connectivity index (χ4v) is 0.460. The minimum absolute atomic E-state index is 0.764. The van der Waals surface area contributed by atoms with Crippen LogP contribution in [0.25, 0.3) is 0 Å². The van der Waals surface area contributed by atoms with Crippen LogP contribution >= 0.6 is 0 Å². The van der Waals surface area contributed by atoms with Crippen molar-refractivity contribution < 1.29 is 0 Å². The van der Waals surface area contributed by atoms with Crippen LogP contribution in [0.4, 0.5) is 5.82 Å². The van der Waals surface area contributed by atoms with Gasteiger partial charge in [-0.2, -0.15) is 0 Å². The van der Waals surface area contributed by atoms with Gasteiger partial charge in [-0.05, 0) is 18.6 Å². The third kappa shape index (κ3) is 0.585. The van der Waals surface area contributed by atoms with Crippen LogP contribution in [0.1, 0.15) is 5.56 Å². The first kappa shape index (κ1) is 4.24. The lowest BCUT2D eigenvalue weighted by Gasteiger charge is -1.82. The summed E-state index contributed by atoms with van der Waals surface area (Å²) in [4.78, 5) is 2.85. The van der Waals surface area contributed by atoms with Gasteiger partial charge in [-0.1, -0.05) is 0 Å². The van der Waals surface area contributed by atoms with Gasteiger partial charge in [0.25, 0.3) is 0 Å². The molecule has 0 spiro atoms. The molecule has 0 aliphatic rings. The molecule has 38 valence electrons. The lowest BCUT2D eigenvalue weighted by Crippen LogP contribution is -1.84. The molecule has 1 rings (SSSR count). The number of aromatic amines is 1. The summed E-state index contributed by atoms with van der Waals surface area (Å²) in [5.41, 5.74) is 6.50. The highest BCUT2D eigenvalue weighted by Gasteiger charge is 1.86. The van der Waals surface area contributed by atoms with E-state index in [-0.39, 0.29) is 0 Å². The maximum atomic E-state index is 5.38. The number of rotatable bonds is 0. The maximum absolute atomic E-state index is 5.38. The van der Waals surface area contributed by atoms with Crippen LogP contribution in [-0.4, -0.2) is 4.98 Å². The highest BCUT2D eigenvalue weighted by atomic mass is 14.8. The van der Waals surface area contributed by atoms with Gasteiger partial charge in [0.15, 0.2) is 0 Å². The van der Waals surface area contributed by atoms with Crippen LogP contribution in [0.15, 0.2) is 12.3 Å². The molecule has 2 nitrogen and oxygen atoms in total. The Balaban J connectivity index is 3.12. The number of nitrogens with two attached hydrogens (primary N) is 1. The maximum Gasteiger partial charge on any atom is 0.103 e. The Labute approximate surface area is 42.3 Å². The third-order valence-corrected chi connectivity index (χ3v) is 0.997. The molecule has 0 aliphatic heterocycles. The van der Waals surface area contributed by atoms with Gasteiger partial charge in [0.05, 0.1) is 0 Å². The highest BCUT2D eigenvalue weighted by Crippen LogP contribution is 2.03. The lowest BCUT2D eigenvalue weighted by molar-refractivity contribution is 1.39. The molecule has 1 aromatic heterocycles. The molecule has 0 saturated carbocycles. The van der Waals surface area contributed by atoms with Crippen molar-refractivity contribution in [1.82, 2.24) is 4.98 Å². The quantitative estimate of drug-likeness (QED) is 0.495. The van der Waals surface area contributed by atoms with Crippen LogP contribution in [-0.2, 0) is 0 Å². The summed E-state index contributed by atoms with van der Waals surface area (Å²) in [6, 6.07) is 1.94. The van der Waals surface area contributed by atoms with E-state index >= 15 is 0 Å². The second-order valence-electron chi connectivity index (χ2n) is 1.57. The molecule has 0 saturated heterocycles. The monoisotopic (exact) mass is 96.1 g/mol. The van der Waals surface area contributed by atoms with E-state index in [1.165, 1.54) is 0 Å². The van der Waals surface area contributed by atoms with Crippen LogP contribution in [0, 0.1) is 6.92 Å². The van der Waals surface area contributed by atoms with Crippen molar-refractivity contribution in [3.63, 3.8) is 0 Å². The van der Waals surface area contributed by atoms with Gasteiger partial charge in [-0.3, -0.25) is 0 Å². The van der Waals surface area contributed by atoms with E-state index < -0.39 is 0 Å². The fourth-order valence-electron chi connectivity index (χ4n) is 0.460. The van der Waals surface area contributed by atoms with E-state index in [9.17, 15) is 0 Å². The number of aromatic nitrogens is 1. The molecular weight excluding hydrogens is 88.1 g/mol. The van der Waals surface area contributed by atoms with Crippen LogP contribution in [0.2, 0.25) is 0 Å². The summed E-state index contributed by atoms with van der Waals surface area (Å²) < 4.78 is 0. The summed E-state index contributed by atoms with van der Waals surface area (Å²) in [6.45, 7) is 1.96. The first-order valence-corrected chi connectivity index (χ1v) is 2.20. The molecular formula is C5H8N2. The van der Waals surface area contributed by atoms with Crippen molar-refractivity contribution in [2.45, 2.75) is 6.92 Å². The molecule has 0 bridgehead atoms. The number of anilines is 1. The first-order chi connectivity index (χ1) is 3.30. The smallest absolute Gasteiger partial charge is 0.103 e. The first-order valence-electron chi connectivity index (χ1n) is 2.20. The topological polar surface area (TPSA) is 41.8 Å². The average Bonchev–Trinajstić information content (AvgIpc) is 1.91. The molecule has 0 aromatic carbocycles. The van der Waals surface area contributed by atoms with Gasteiger partial charge in [0.1, 0.15) is 5.82 Å². The van der Waals surface area contributed by atoms with E-state index in [1.807, 2.05) is 19.2 Å². The van der Waals surface area contributed by atoms with Crippen LogP contribution in [0.3, 0.4) is 0 Å². The Morgan fingerprint density at radius 3 is 2.57 bits per heavy atom. The summed E-state index contributed by atoms with van der Waals surface area (Å²) in [5, 5.41) is 0. The summed E-state index contributed by atoms with van der Waals surface area (Å²) in [6.07, 6.45) is 1.82. The second-order valence-corrected chi connectivity index (χ2v) is 1.57. The summed E-state index contributed by atoms with van der Waals surface area (Å²) in [7, 11) is 0. The molecule has 0 fully saturated rings. The average molecular weight is 96.1 g/mol. The zero-order valence-corrected chi connectivity index (χ0v) is 4.23. The Bertz CT molecular complexity index is 138. The highest BCUT2D eigenvalue weighted by molar-refractivity contribution is 5.37. The van der Waals surface area contributed by atoms with Crippen molar-refractivity contribution in [3.8, 4) is 0 Å². The van der Waals surface area contributed by atoms with Gasteiger partial charge in [-0.25, -0.2) is 0 Å². The number of aryl methyl sites for hydroxylation is 1. The van der Waals surface area contributed by atoms with Crippen molar-refractivity contribution in [2.75, 3.05) is 5.73 Å². The normalized spacial score (nSPS) is 9.29. The van der Waals surface area contributed by atoms with E-state index in [2.05, 4.69) is 4.98 Å². The molecule has 0 radical (unpaired) electrons. The number of H-pyrrole nitrogens is 1. The third-order valence-electron chi connectivity index (χ3n) is 0.997. The van der Waals surface area contributed by atoms with Gasteiger partial charge >= 0.3 is 0 Å². The molecule has 1 aromatic rings. The molecule has 1 heterocycles. The lowest BCUT2D eigenvalue weighted by atomic mass is 10.4. The molecule has 7 heavy (non-hydrogen) atoms. The van der Waals surface area contributed by atoms with E-state index in [1.54, 1.807) is 0 Å². The van der Waals surface area contributed by atoms with Crippen molar-refractivity contribution in [1.29, 1.82) is 0 Å². The van der Waals surface area contributed by atoms with E-state index in [0.717, 1.165) is 11.4 Å². The molecule has 0 amide bonds. The summed E-state index contributed by atoms with van der Waals surface area (Å²) in [5.74, 6) is 0.764. The zero-order valence-electron chi connectivity index (χ0n) is 4.23. The number of nitrogens with one attached hydrogen (secondary N) is 1. The predicted molar refractivity (Wildman–Crippen MR) is 29.9 cm³/mol. The molecule has 0 unspecified atom stereocenters. The van der Waals surface area contributed by atoms with Crippen LogP contribution in [0.5, 0.6) is 0 Å². The van der Waals surface area contributed by atoms with Gasteiger partial charge in [-0.15, -0.1) is 0 Å². The minimum atomic E-state index is 0.764. The van der Waals surface area contributed by atoms with Crippen molar-refractivity contribution in [2.24, 2.45) is 0 Å². The zero-order chi connectivity index (χ0) is 5.28. The van der Waals surface area contributed by atoms with E-state index in [0.29, 0.717) is 0 Å². The molecule has 0 atom stereocenters. The Hall–Kier alpha value is -0.920. The summed E-state index contributed by atoms with van der Waals surface area (Å²) >= 11 is 0. The molecule has 3 N–H and O–H groups in total.